The van der Waals surface area contributed by atoms with Crippen LogP contribution in [0.2, 0.25) is 10.0 Å². The van der Waals surface area contributed by atoms with Crippen molar-refractivity contribution in [2.24, 2.45) is 0 Å². The maximum Gasteiger partial charge on any atom is 0.143 e. The molecule has 4 aromatic rings. The molecule has 6 heteroatoms. The van der Waals surface area contributed by atoms with E-state index in [4.69, 9.17) is 23.2 Å². The van der Waals surface area contributed by atoms with E-state index in [-0.39, 0.29) is 5.75 Å². The monoisotopic (exact) mass is 463 g/mol. The summed E-state index contributed by atoms with van der Waals surface area (Å²) < 4.78 is 0. The van der Waals surface area contributed by atoms with Gasteiger partial charge in [0.05, 0.1) is 11.2 Å². The smallest absolute Gasteiger partial charge is 0.143 e. The molecular weight excluding hydrogens is 441 g/mol. The average molecular weight is 464 g/mol. The largest absolute Gasteiger partial charge is 0.505 e. The molecule has 0 unspecified atom stereocenters. The number of rotatable bonds is 5. The van der Waals surface area contributed by atoms with Gasteiger partial charge >= 0.3 is 0 Å². The number of benzene rings is 3. The Labute approximate surface area is 197 Å². The minimum Gasteiger partial charge on any atom is -0.505 e. The molecule has 1 saturated heterocycles. The van der Waals surface area contributed by atoms with Crippen LogP contribution in [0.5, 0.6) is 5.75 Å². The van der Waals surface area contributed by atoms with Crippen LogP contribution < -0.4 is 5.32 Å². The van der Waals surface area contributed by atoms with Crippen LogP contribution in [0.25, 0.3) is 22.0 Å². The van der Waals surface area contributed by atoms with Crippen molar-refractivity contribution >= 4 is 45.5 Å². The Balaban J connectivity index is 1.58. The summed E-state index contributed by atoms with van der Waals surface area (Å²) in [5, 5.41) is 16.9. The van der Waals surface area contributed by atoms with Gasteiger partial charge in [0, 0.05) is 39.4 Å². The fourth-order valence-corrected chi connectivity index (χ4v) is 4.57. The Bertz CT molecular complexity index is 1270. The second kappa shape index (κ2) is 8.99. The molecule has 0 bridgehead atoms. The Morgan fingerprint density at radius 1 is 0.844 bits per heavy atom. The highest BCUT2D eigenvalue weighted by atomic mass is 35.5. The van der Waals surface area contributed by atoms with Crippen LogP contribution in [0.4, 0.5) is 11.4 Å². The first kappa shape index (κ1) is 21.1. The van der Waals surface area contributed by atoms with E-state index in [0.717, 1.165) is 46.4 Å². The van der Waals surface area contributed by atoms with Gasteiger partial charge < -0.3 is 10.4 Å². The molecule has 0 atom stereocenters. The van der Waals surface area contributed by atoms with Gasteiger partial charge in [0.1, 0.15) is 5.75 Å². The highest BCUT2D eigenvalue weighted by Crippen LogP contribution is 2.38. The number of hydrogen-bond donors (Lipinski definition) is 2. The number of fused-ring (bicyclic) bond motifs is 1. The van der Waals surface area contributed by atoms with E-state index in [0.29, 0.717) is 22.3 Å². The SMILES string of the molecule is Oc1c(CN2CCCC2)cc(-c2ccc(Cl)cc2)cc1Nc1ccnc2cc(Cl)ccc12. The molecule has 1 fully saturated rings. The summed E-state index contributed by atoms with van der Waals surface area (Å²) in [4.78, 5) is 6.80. The Morgan fingerprint density at radius 3 is 2.38 bits per heavy atom. The van der Waals surface area contributed by atoms with Gasteiger partial charge in [-0.3, -0.25) is 9.88 Å². The van der Waals surface area contributed by atoms with Gasteiger partial charge in [-0.2, -0.15) is 0 Å². The summed E-state index contributed by atoms with van der Waals surface area (Å²) >= 11 is 12.2. The van der Waals surface area contributed by atoms with E-state index in [1.807, 2.05) is 54.6 Å². The van der Waals surface area contributed by atoms with Crippen molar-refractivity contribution < 1.29 is 5.11 Å². The summed E-state index contributed by atoms with van der Waals surface area (Å²) in [6, 6.07) is 19.4. The van der Waals surface area contributed by atoms with Crippen LogP contribution >= 0.6 is 23.2 Å². The van der Waals surface area contributed by atoms with Crippen molar-refractivity contribution in [1.82, 2.24) is 9.88 Å². The average Bonchev–Trinajstić information content (AvgIpc) is 3.30. The second-order valence-electron chi connectivity index (χ2n) is 8.17. The quantitative estimate of drug-likeness (QED) is 0.306. The van der Waals surface area contributed by atoms with Crippen LogP contribution in [0.3, 0.4) is 0 Å². The van der Waals surface area contributed by atoms with Crippen LogP contribution in [-0.2, 0) is 6.54 Å². The minimum absolute atomic E-state index is 0.272. The number of likely N-dealkylation sites (tertiary alicyclic amines) is 1. The number of aromatic nitrogens is 1. The maximum atomic E-state index is 11.2. The van der Waals surface area contributed by atoms with Crippen molar-refractivity contribution in [3.63, 3.8) is 0 Å². The lowest BCUT2D eigenvalue weighted by atomic mass is 10.0. The molecule has 1 aliphatic heterocycles. The van der Waals surface area contributed by atoms with Gasteiger partial charge in [0.15, 0.2) is 0 Å². The van der Waals surface area contributed by atoms with E-state index in [9.17, 15) is 5.11 Å². The molecule has 5 rings (SSSR count). The van der Waals surface area contributed by atoms with Gasteiger partial charge in [-0.15, -0.1) is 0 Å². The van der Waals surface area contributed by atoms with E-state index < -0.39 is 0 Å². The molecule has 162 valence electrons. The molecule has 3 aromatic carbocycles. The zero-order chi connectivity index (χ0) is 22.1. The number of phenolic OH excluding ortho intramolecular Hbond substituents is 1. The van der Waals surface area contributed by atoms with Crippen molar-refractivity contribution in [3.05, 3.63) is 82.5 Å². The standard InChI is InChI=1S/C26H23Cl2N3O/c27-20-5-3-17(4-6-20)18-13-19(16-31-11-1-2-12-31)26(32)25(14-18)30-23-9-10-29-24-15-21(28)7-8-22(23)24/h3-10,13-15,32H,1-2,11-12,16H2,(H,29,30). The highest BCUT2D eigenvalue weighted by molar-refractivity contribution is 6.31. The molecule has 4 nitrogen and oxygen atoms in total. The van der Waals surface area contributed by atoms with Gasteiger partial charge in [-0.05, 0) is 85.6 Å². The van der Waals surface area contributed by atoms with E-state index in [1.54, 1.807) is 6.20 Å². The van der Waals surface area contributed by atoms with Gasteiger partial charge in [-0.1, -0.05) is 35.3 Å². The fourth-order valence-electron chi connectivity index (χ4n) is 4.28. The molecule has 1 aromatic heterocycles. The first-order valence-corrected chi connectivity index (χ1v) is 11.5. The lowest BCUT2D eigenvalue weighted by molar-refractivity contribution is 0.324. The molecular formula is C26H23Cl2N3O. The van der Waals surface area contributed by atoms with Crippen LogP contribution in [0.1, 0.15) is 18.4 Å². The minimum atomic E-state index is 0.272. The zero-order valence-corrected chi connectivity index (χ0v) is 19.0. The summed E-state index contributed by atoms with van der Waals surface area (Å²) in [5.74, 6) is 0.272. The topological polar surface area (TPSA) is 48.4 Å². The molecule has 1 aliphatic rings. The van der Waals surface area contributed by atoms with Crippen molar-refractivity contribution in [2.75, 3.05) is 18.4 Å². The third kappa shape index (κ3) is 4.40. The van der Waals surface area contributed by atoms with Gasteiger partial charge in [0.25, 0.3) is 0 Å². The highest BCUT2D eigenvalue weighted by Gasteiger charge is 2.18. The van der Waals surface area contributed by atoms with E-state index in [2.05, 4.69) is 21.3 Å². The molecule has 0 spiro atoms. The van der Waals surface area contributed by atoms with Crippen molar-refractivity contribution in [2.45, 2.75) is 19.4 Å². The third-order valence-electron chi connectivity index (χ3n) is 5.93. The predicted octanol–water partition coefficient (Wildman–Crippen LogP) is 7.25. The van der Waals surface area contributed by atoms with Gasteiger partial charge in [0.2, 0.25) is 0 Å². The van der Waals surface area contributed by atoms with Crippen molar-refractivity contribution in [3.8, 4) is 16.9 Å². The normalized spacial score (nSPS) is 14.2. The van der Waals surface area contributed by atoms with Crippen LogP contribution in [0, 0.1) is 0 Å². The Kier molecular flexibility index (Phi) is 5.92. The molecule has 2 heterocycles. The Morgan fingerprint density at radius 2 is 1.59 bits per heavy atom. The Hall–Kier alpha value is -2.79. The molecule has 0 radical (unpaired) electrons. The molecule has 2 N–H and O–H groups in total. The number of pyridine rings is 1. The molecule has 0 saturated carbocycles. The second-order valence-corrected chi connectivity index (χ2v) is 9.04. The van der Waals surface area contributed by atoms with Crippen LogP contribution in [0.15, 0.2) is 66.9 Å². The van der Waals surface area contributed by atoms with Gasteiger partial charge in [-0.25, -0.2) is 0 Å². The predicted molar refractivity (Wildman–Crippen MR) is 133 cm³/mol. The first-order chi connectivity index (χ1) is 15.6. The zero-order valence-electron chi connectivity index (χ0n) is 17.5. The maximum absolute atomic E-state index is 11.2. The molecule has 0 aliphatic carbocycles. The van der Waals surface area contributed by atoms with Crippen LogP contribution in [-0.4, -0.2) is 28.1 Å². The van der Waals surface area contributed by atoms with E-state index in [1.165, 1.54) is 12.8 Å². The molecule has 32 heavy (non-hydrogen) atoms. The lowest BCUT2D eigenvalue weighted by Crippen LogP contribution is -2.18. The van der Waals surface area contributed by atoms with Crippen molar-refractivity contribution in [1.29, 1.82) is 0 Å². The summed E-state index contributed by atoms with van der Waals surface area (Å²) in [7, 11) is 0. The number of anilines is 2. The lowest BCUT2D eigenvalue weighted by Gasteiger charge is -2.20. The summed E-state index contributed by atoms with van der Waals surface area (Å²) in [5.41, 5.74) is 5.30. The summed E-state index contributed by atoms with van der Waals surface area (Å²) in [6.45, 7) is 2.83. The fraction of sp³-hybridized carbons (Fsp3) is 0.192. The number of hydrogen-bond acceptors (Lipinski definition) is 4. The number of aromatic hydroxyl groups is 1. The first-order valence-electron chi connectivity index (χ1n) is 10.7. The number of halogens is 2. The number of nitrogens with zero attached hydrogens (tertiary/aromatic N) is 2. The third-order valence-corrected chi connectivity index (χ3v) is 6.42. The van der Waals surface area contributed by atoms with E-state index >= 15 is 0 Å². The number of phenols is 1. The summed E-state index contributed by atoms with van der Waals surface area (Å²) in [6.07, 6.45) is 4.15. The number of nitrogens with one attached hydrogen (secondary N) is 1. The molecule has 0 amide bonds.